The van der Waals surface area contributed by atoms with Gasteiger partial charge in [0.15, 0.2) is 0 Å². The molecular formula is C16H26ClNO3. The predicted octanol–water partition coefficient (Wildman–Crippen LogP) is 2.44. The highest BCUT2D eigenvalue weighted by molar-refractivity contribution is 6.31. The molecule has 0 radical (unpaired) electrons. The van der Waals surface area contributed by atoms with Gasteiger partial charge in [-0.15, -0.1) is 0 Å². The minimum absolute atomic E-state index is 0.0813. The van der Waals surface area contributed by atoms with E-state index in [9.17, 15) is 5.11 Å². The first kappa shape index (κ1) is 18.2. The van der Waals surface area contributed by atoms with Gasteiger partial charge in [0, 0.05) is 18.1 Å². The molecule has 0 spiro atoms. The number of hydrogen-bond donors (Lipinski definition) is 2. The van der Waals surface area contributed by atoms with E-state index in [1.807, 2.05) is 31.0 Å². The van der Waals surface area contributed by atoms with E-state index in [0.29, 0.717) is 19.0 Å². The highest BCUT2D eigenvalue weighted by atomic mass is 35.5. The molecule has 2 N–H and O–H groups in total. The summed E-state index contributed by atoms with van der Waals surface area (Å²) < 4.78 is 5.78. The van der Waals surface area contributed by atoms with Crippen molar-refractivity contribution in [2.75, 3.05) is 33.4 Å². The second-order valence-corrected chi connectivity index (χ2v) is 6.15. The summed E-state index contributed by atoms with van der Waals surface area (Å²) in [5.74, 6) is 1.07. The predicted molar refractivity (Wildman–Crippen MR) is 86.4 cm³/mol. The molecule has 0 saturated heterocycles. The monoisotopic (exact) mass is 315 g/mol. The number of rotatable bonds is 8. The number of likely N-dealkylation sites (N-methyl/N-ethyl adjacent to an activating group) is 1. The molecule has 0 bridgehead atoms. The number of aryl methyl sites for hydroxylation is 1. The zero-order valence-electron chi connectivity index (χ0n) is 13.3. The summed E-state index contributed by atoms with van der Waals surface area (Å²) in [5, 5.41) is 19.6. The van der Waals surface area contributed by atoms with E-state index in [0.717, 1.165) is 21.9 Å². The molecule has 120 valence electrons. The summed E-state index contributed by atoms with van der Waals surface area (Å²) in [4.78, 5) is 1.87. The van der Waals surface area contributed by atoms with Gasteiger partial charge in [0.25, 0.3) is 0 Å². The largest absolute Gasteiger partial charge is 0.491 e. The SMILES string of the molecule is Cc1cc(OCC(O)CN(C)CCO)c(C(C)C)cc1Cl. The van der Waals surface area contributed by atoms with Crippen LogP contribution in [-0.4, -0.2) is 54.6 Å². The van der Waals surface area contributed by atoms with Crippen molar-refractivity contribution in [2.24, 2.45) is 0 Å². The van der Waals surface area contributed by atoms with Crippen LogP contribution < -0.4 is 4.74 Å². The van der Waals surface area contributed by atoms with Crippen molar-refractivity contribution in [3.63, 3.8) is 0 Å². The van der Waals surface area contributed by atoms with Crippen molar-refractivity contribution in [3.8, 4) is 5.75 Å². The Balaban J connectivity index is 2.68. The normalized spacial score (nSPS) is 13.0. The molecule has 0 aliphatic heterocycles. The summed E-state index contributed by atoms with van der Waals surface area (Å²) in [6, 6.07) is 3.85. The lowest BCUT2D eigenvalue weighted by Gasteiger charge is -2.21. The maximum atomic E-state index is 9.99. The quantitative estimate of drug-likeness (QED) is 0.773. The molecule has 0 aromatic heterocycles. The van der Waals surface area contributed by atoms with E-state index in [-0.39, 0.29) is 13.2 Å². The van der Waals surface area contributed by atoms with E-state index < -0.39 is 6.10 Å². The molecule has 1 unspecified atom stereocenters. The number of nitrogens with zero attached hydrogens (tertiary/aromatic N) is 1. The van der Waals surface area contributed by atoms with Crippen molar-refractivity contribution >= 4 is 11.6 Å². The average Bonchev–Trinajstić information content (AvgIpc) is 2.39. The molecule has 0 saturated carbocycles. The average molecular weight is 316 g/mol. The zero-order chi connectivity index (χ0) is 16.0. The highest BCUT2D eigenvalue weighted by Gasteiger charge is 2.14. The Hall–Kier alpha value is -0.810. The molecule has 1 rings (SSSR count). The van der Waals surface area contributed by atoms with Crippen LogP contribution in [0.3, 0.4) is 0 Å². The van der Waals surface area contributed by atoms with Crippen LogP contribution in [0.15, 0.2) is 12.1 Å². The van der Waals surface area contributed by atoms with Gasteiger partial charge in [-0.3, -0.25) is 0 Å². The van der Waals surface area contributed by atoms with Crippen LogP contribution in [0.25, 0.3) is 0 Å². The number of aliphatic hydroxyl groups is 2. The van der Waals surface area contributed by atoms with E-state index >= 15 is 0 Å². The lowest BCUT2D eigenvalue weighted by Crippen LogP contribution is -2.34. The van der Waals surface area contributed by atoms with Crippen LogP contribution in [-0.2, 0) is 0 Å². The molecule has 0 amide bonds. The molecule has 21 heavy (non-hydrogen) atoms. The van der Waals surface area contributed by atoms with Crippen molar-refractivity contribution in [1.82, 2.24) is 4.90 Å². The zero-order valence-corrected chi connectivity index (χ0v) is 14.0. The van der Waals surface area contributed by atoms with Gasteiger partial charge in [0.1, 0.15) is 18.5 Å². The van der Waals surface area contributed by atoms with Gasteiger partial charge in [0.05, 0.1) is 6.61 Å². The molecule has 0 fully saturated rings. The second kappa shape index (κ2) is 8.59. The summed E-state index contributed by atoms with van der Waals surface area (Å²) in [5.41, 5.74) is 2.00. The molecule has 4 nitrogen and oxygen atoms in total. The van der Waals surface area contributed by atoms with Gasteiger partial charge in [-0.1, -0.05) is 25.4 Å². The van der Waals surface area contributed by atoms with Gasteiger partial charge in [-0.05, 0) is 43.1 Å². The lowest BCUT2D eigenvalue weighted by atomic mass is 10.0. The fraction of sp³-hybridized carbons (Fsp3) is 0.625. The Kier molecular flexibility index (Phi) is 7.46. The van der Waals surface area contributed by atoms with E-state index in [2.05, 4.69) is 13.8 Å². The van der Waals surface area contributed by atoms with Crippen molar-refractivity contribution < 1.29 is 14.9 Å². The molecule has 1 aromatic carbocycles. The van der Waals surface area contributed by atoms with Gasteiger partial charge >= 0.3 is 0 Å². The molecular weight excluding hydrogens is 290 g/mol. The third-order valence-corrected chi connectivity index (χ3v) is 3.76. The van der Waals surface area contributed by atoms with Crippen LogP contribution in [0.5, 0.6) is 5.75 Å². The van der Waals surface area contributed by atoms with Gasteiger partial charge in [0.2, 0.25) is 0 Å². The second-order valence-electron chi connectivity index (χ2n) is 5.74. The Bertz CT molecular complexity index is 451. The van der Waals surface area contributed by atoms with Crippen molar-refractivity contribution in [3.05, 3.63) is 28.3 Å². The van der Waals surface area contributed by atoms with Crippen molar-refractivity contribution in [1.29, 1.82) is 0 Å². The number of halogens is 1. The van der Waals surface area contributed by atoms with Gasteiger partial charge in [-0.2, -0.15) is 0 Å². The van der Waals surface area contributed by atoms with E-state index in [1.54, 1.807) is 0 Å². The number of hydrogen-bond acceptors (Lipinski definition) is 4. The minimum atomic E-state index is -0.599. The summed E-state index contributed by atoms with van der Waals surface area (Å²) in [6.45, 7) is 7.40. The molecule has 0 aliphatic carbocycles. The van der Waals surface area contributed by atoms with E-state index in [1.165, 1.54) is 0 Å². The van der Waals surface area contributed by atoms with Crippen LogP contribution in [0.4, 0.5) is 0 Å². The van der Waals surface area contributed by atoms with Crippen LogP contribution in [0.2, 0.25) is 5.02 Å². The van der Waals surface area contributed by atoms with Crippen LogP contribution in [0.1, 0.15) is 30.9 Å². The summed E-state index contributed by atoms with van der Waals surface area (Å²) in [7, 11) is 1.85. The van der Waals surface area contributed by atoms with Crippen LogP contribution >= 0.6 is 11.6 Å². The van der Waals surface area contributed by atoms with Crippen molar-refractivity contribution in [2.45, 2.75) is 32.8 Å². The summed E-state index contributed by atoms with van der Waals surface area (Å²) >= 11 is 6.16. The lowest BCUT2D eigenvalue weighted by molar-refractivity contribution is 0.0706. The molecule has 0 aliphatic rings. The summed E-state index contributed by atoms with van der Waals surface area (Å²) in [6.07, 6.45) is -0.599. The van der Waals surface area contributed by atoms with Gasteiger partial charge < -0.3 is 19.8 Å². The first-order valence-corrected chi connectivity index (χ1v) is 7.63. The fourth-order valence-corrected chi connectivity index (χ4v) is 2.28. The highest BCUT2D eigenvalue weighted by Crippen LogP contribution is 2.32. The smallest absolute Gasteiger partial charge is 0.123 e. The first-order chi connectivity index (χ1) is 9.85. The van der Waals surface area contributed by atoms with E-state index in [4.69, 9.17) is 21.4 Å². The Morgan fingerprint density at radius 2 is 2.00 bits per heavy atom. The third-order valence-electron chi connectivity index (χ3n) is 3.35. The topological polar surface area (TPSA) is 52.9 Å². The van der Waals surface area contributed by atoms with Gasteiger partial charge in [-0.25, -0.2) is 0 Å². The van der Waals surface area contributed by atoms with Crippen LogP contribution in [0, 0.1) is 6.92 Å². The Morgan fingerprint density at radius 3 is 2.57 bits per heavy atom. The maximum Gasteiger partial charge on any atom is 0.123 e. The third kappa shape index (κ3) is 5.83. The molecule has 1 aromatic rings. The molecule has 0 heterocycles. The minimum Gasteiger partial charge on any atom is -0.491 e. The standard InChI is InChI=1S/C16H26ClNO3/c1-11(2)14-8-15(17)12(3)7-16(14)21-10-13(20)9-18(4)5-6-19/h7-8,11,13,19-20H,5-6,9-10H2,1-4H3. The number of benzene rings is 1. The number of aliphatic hydroxyl groups excluding tert-OH is 2. The maximum absolute atomic E-state index is 9.99. The molecule has 1 atom stereocenters. The first-order valence-electron chi connectivity index (χ1n) is 7.25. The Labute approximate surface area is 132 Å². The molecule has 5 heteroatoms. The fourth-order valence-electron chi connectivity index (χ4n) is 2.11. The number of ether oxygens (including phenoxy) is 1. The Morgan fingerprint density at radius 1 is 1.33 bits per heavy atom.